The zero-order valence-corrected chi connectivity index (χ0v) is 17.1. The molecule has 156 valence electrons. The predicted octanol–water partition coefficient (Wildman–Crippen LogP) is 3.21. The van der Waals surface area contributed by atoms with Gasteiger partial charge in [0, 0.05) is 23.1 Å². The first-order chi connectivity index (χ1) is 14.5. The minimum atomic E-state index is -0.791. The van der Waals surface area contributed by atoms with Gasteiger partial charge in [-0.25, -0.2) is 4.79 Å². The molecule has 2 atom stereocenters. The van der Waals surface area contributed by atoms with Gasteiger partial charge in [0.2, 0.25) is 0 Å². The Labute approximate surface area is 174 Å². The normalized spacial score (nSPS) is 14.9. The average molecular weight is 407 g/mol. The van der Waals surface area contributed by atoms with Crippen LogP contribution in [0.4, 0.5) is 0 Å². The monoisotopic (exact) mass is 407 g/mol. The van der Waals surface area contributed by atoms with Crippen LogP contribution >= 0.6 is 0 Å². The van der Waals surface area contributed by atoms with E-state index in [4.69, 9.17) is 9.15 Å². The van der Waals surface area contributed by atoms with E-state index >= 15 is 0 Å². The average Bonchev–Trinajstić information content (AvgIpc) is 3.25. The lowest BCUT2D eigenvalue weighted by atomic mass is 10.0. The Morgan fingerprint density at radius 2 is 1.90 bits per heavy atom. The fraction of sp³-hybridized carbons (Fsp3) is 0.333. The number of nitrogens with one attached hydrogen (secondary N) is 1. The minimum Gasteiger partial charge on any atom is -0.480 e. The van der Waals surface area contributed by atoms with E-state index in [1.807, 2.05) is 37.3 Å². The predicted molar refractivity (Wildman–Crippen MR) is 114 cm³/mol. The summed E-state index contributed by atoms with van der Waals surface area (Å²) < 4.78 is 11.4. The van der Waals surface area contributed by atoms with Crippen molar-refractivity contribution in [3.8, 4) is 5.75 Å². The summed E-state index contributed by atoms with van der Waals surface area (Å²) in [7, 11) is 0. The maximum absolute atomic E-state index is 12.4. The first kappa shape index (κ1) is 20.2. The van der Waals surface area contributed by atoms with Gasteiger partial charge < -0.3 is 19.6 Å². The molecule has 1 aliphatic carbocycles. The van der Waals surface area contributed by atoms with Crippen molar-refractivity contribution in [2.75, 3.05) is 6.54 Å². The van der Waals surface area contributed by atoms with E-state index in [1.54, 1.807) is 19.1 Å². The third kappa shape index (κ3) is 3.83. The number of hydrogen-bond donors (Lipinski definition) is 2. The van der Waals surface area contributed by atoms with Crippen molar-refractivity contribution in [1.29, 1.82) is 0 Å². The topological polar surface area (TPSA) is 88.8 Å². The van der Waals surface area contributed by atoms with Crippen LogP contribution in [-0.4, -0.2) is 23.7 Å². The lowest BCUT2D eigenvalue weighted by Crippen LogP contribution is -2.38. The molecule has 2 N–H and O–H groups in total. The molecule has 0 saturated carbocycles. The van der Waals surface area contributed by atoms with Gasteiger partial charge in [-0.15, -0.1) is 0 Å². The van der Waals surface area contributed by atoms with Crippen LogP contribution in [0, 0.1) is 6.92 Å². The second-order valence-corrected chi connectivity index (χ2v) is 7.70. The Balaban J connectivity index is 1.47. The quantitative estimate of drug-likeness (QED) is 0.613. The first-order valence-corrected chi connectivity index (χ1v) is 10.2. The number of carbonyl (C=O) groups excluding carboxylic acids is 1. The third-order valence-corrected chi connectivity index (χ3v) is 5.67. The molecule has 3 aromatic rings. The van der Waals surface area contributed by atoms with Gasteiger partial charge in [0.1, 0.15) is 11.3 Å². The summed E-state index contributed by atoms with van der Waals surface area (Å²) in [6.07, 6.45) is 1.03. The molecule has 0 saturated heterocycles. The van der Waals surface area contributed by atoms with Crippen LogP contribution in [0.3, 0.4) is 0 Å². The zero-order chi connectivity index (χ0) is 21.3. The van der Waals surface area contributed by atoms with Gasteiger partial charge in [0.15, 0.2) is 6.10 Å². The maximum atomic E-state index is 12.4. The molecule has 0 spiro atoms. The molecule has 0 aliphatic heterocycles. The van der Waals surface area contributed by atoms with Crippen LogP contribution in [-0.2, 0) is 17.6 Å². The number of hydrogen-bond acceptors (Lipinski definition) is 5. The molecular weight excluding hydrogens is 382 g/mol. The van der Waals surface area contributed by atoms with Crippen molar-refractivity contribution in [2.45, 2.75) is 45.3 Å². The highest BCUT2D eigenvalue weighted by atomic mass is 16.5. The number of amides is 1. The van der Waals surface area contributed by atoms with Crippen molar-refractivity contribution in [3.63, 3.8) is 0 Å². The zero-order valence-electron chi connectivity index (χ0n) is 17.1. The number of carbonyl (C=O) groups is 1. The van der Waals surface area contributed by atoms with Crippen LogP contribution in [0.5, 0.6) is 5.75 Å². The van der Waals surface area contributed by atoms with Crippen LogP contribution in [0.15, 0.2) is 51.7 Å². The van der Waals surface area contributed by atoms with E-state index in [2.05, 4.69) is 5.32 Å². The Morgan fingerprint density at radius 1 is 1.17 bits per heavy atom. The van der Waals surface area contributed by atoms with E-state index in [0.29, 0.717) is 16.9 Å². The molecule has 4 rings (SSSR count). The summed E-state index contributed by atoms with van der Waals surface area (Å²) >= 11 is 0. The molecule has 0 bridgehead atoms. The van der Waals surface area contributed by atoms with E-state index in [9.17, 15) is 14.7 Å². The number of rotatable bonds is 6. The summed E-state index contributed by atoms with van der Waals surface area (Å²) in [4.78, 5) is 24.7. The van der Waals surface area contributed by atoms with E-state index in [-0.39, 0.29) is 18.1 Å². The Kier molecular flexibility index (Phi) is 5.59. The molecule has 1 aromatic heterocycles. The van der Waals surface area contributed by atoms with E-state index < -0.39 is 12.2 Å². The molecule has 0 unspecified atom stereocenters. The first-order valence-electron chi connectivity index (χ1n) is 10.2. The highest BCUT2D eigenvalue weighted by Gasteiger charge is 2.23. The molecular formula is C24H25NO5. The highest BCUT2D eigenvalue weighted by molar-refractivity contribution is 5.86. The number of benzene rings is 2. The van der Waals surface area contributed by atoms with Gasteiger partial charge in [-0.1, -0.05) is 30.3 Å². The molecule has 1 heterocycles. The van der Waals surface area contributed by atoms with Crippen LogP contribution in [0.1, 0.15) is 41.7 Å². The molecule has 2 aromatic carbocycles. The van der Waals surface area contributed by atoms with E-state index in [1.165, 1.54) is 0 Å². The summed E-state index contributed by atoms with van der Waals surface area (Å²) in [6.45, 7) is 3.56. The van der Waals surface area contributed by atoms with Gasteiger partial charge in [-0.3, -0.25) is 4.79 Å². The molecule has 1 aliphatic rings. The second kappa shape index (κ2) is 8.32. The number of aliphatic hydroxyl groups is 1. The van der Waals surface area contributed by atoms with Crippen LogP contribution in [0.25, 0.3) is 11.0 Å². The Hall–Kier alpha value is -3.12. The molecule has 30 heavy (non-hydrogen) atoms. The van der Waals surface area contributed by atoms with Gasteiger partial charge >= 0.3 is 5.63 Å². The summed E-state index contributed by atoms with van der Waals surface area (Å²) in [5, 5.41) is 13.9. The maximum Gasteiger partial charge on any atom is 0.339 e. The Bertz CT molecular complexity index is 1140. The van der Waals surface area contributed by atoms with Gasteiger partial charge in [0.25, 0.3) is 5.91 Å². The second-order valence-electron chi connectivity index (χ2n) is 7.70. The molecule has 0 fully saturated rings. The van der Waals surface area contributed by atoms with Gasteiger partial charge in [-0.05, 0) is 56.4 Å². The standard InChI is InChI=1S/C24H25NO5/c1-14-21(12-11-18-17-9-6-10-19(17)24(28)30-22(14)18)29-15(2)23(27)25-13-20(26)16-7-4-3-5-8-16/h3-5,7-8,11-12,15,20,26H,6,9-10,13H2,1-2H3,(H,25,27)/t15-,20-/m0/s1. The number of fused-ring (bicyclic) bond motifs is 3. The number of aryl methyl sites for hydroxylation is 2. The molecule has 1 amide bonds. The third-order valence-electron chi connectivity index (χ3n) is 5.67. The number of aliphatic hydroxyl groups excluding tert-OH is 1. The van der Waals surface area contributed by atoms with Gasteiger partial charge in [-0.2, -0.15) is 0 Å². The summed E-state index contributed by atoms with van der Waals surface area (Å²) in [5.41, 5.74) is 3.51. The Morgan fingerprint density at radius 3 is 2.67 bits per heavy atom. The number of ether oxygens (including phenoxy) is 1. The summed E-state index contributed by atoms with van der Waals surface area (Å²) in [5.74, 6) is 0.162. The van der Waals surface area contributed by atoms with Gasteiger partial charge in [0.05, 0.1) is 6.10 Å². The van der Waals surface area contributed by atoms with Crippen molar-refractivity contribution >= 4 is 16.9 Å². The minimum absolute atomic E-state index is 0.0915. The summed E-state index contributed by atoms with van der Waals surface area (Å²) in [6, 6.07) is 12.9. The fourth-order valence-corrected chi connectivity index (χ4v) is 3.97. The van der Waals surface area contributed by atoms with Crippen molar-refractivity contribution in [1.82, 2.24) is 5.32 Å². The van der Waals surface area contributed by atoms with Crippen LogP contribution in [0.2, 0.25) is 0 Å². The van der Waals surface area contributed by atoms with Crippen molar-refractivity contribution < 1.29 is 19.1 Å². The molecule has 6 heteroatoms. The lowest BCUT2D eigenvalue weighted by molar-refractivity contribution is -0.127. The van der Waals surface area contributed by atoms with Crippen molar-refractivity contribution in [2.24, 2.45) is 0 Å². The van der Waals surface area contributed by atoms with E-state index in [0.717, 1.165) is 41.3 Å². The van der Waals surface area contributed by atoms with Crippen molar-refractivity contribution in [3.05, 3.63) is 75.1 Å². The highest BCUT2D eigenvalue weighted by Crippen LogP contribution is 2.33. The molecule has 0 radical (unpaired) electrons. The molecule has 6 nitrogen and oxygen atoms in total. The fourth-order valence-electron chi connectivity index (χ4n) is 3.97. The largest absolute Gasteiger partial charge is 0.480 e. The van der Waals surface area contributed by atoms with Crippen LogP contribution < -0.4 is 15.7 Å². The SMILES string of the molecule is Cc1c(O[C@@H](C)C(=O)NC[C@H](O)c2ccccc2)ccc2c3c(c(=O)oc12)CCC3. The smallest absolute Gasteiger partial charge is 0.339 e. The lowest BCUT2D eigenvalue weighted by Gasteiger charge is -2.18.